The highest BCUT2D eigenvalue weighted by Gasteiger charge is 2.44. The third-order valence-electron chi connectivity index (χ3n) is 4.21. The van der Waals surface area contributed by atoms with Gasteiger partial charge in [-0.15, -0.1) is 11.3 Å². The number of aliphatic hydroxyl groups excluding tert-OH is 3. The summed E-state index contributed by atoms with van der Waals surface area (Å²) in [6.07, 6.45) is -9.80. The van der Waals surface area contributed by atoms with E-state index in [0.717, 1.165) is 11.3 Å². The molecule has 0 aliphatic carbocycles. The molecular formula is C22H36F4O10S. The minimum Gasteiger partial charge on any atom is -0.394 e. The molecule has 2 atom stereocenters. The van der Waals surface area contributed by atoms with E-state index in [1.165, 1.54) is 0 Å². The summed E-state index contributed by atoms with van der Waals surface area (Å²) in [6.45, 7) is -3.71. The summed E-state index contributed by atoms with van der Waals surface area (Å²) in [5.74, 6) is 0. The van der Waals surface area contributed by atoms with Crippen molar-refractivity contribution in [1.82, 2.24) is 0 Å². The van der Waals surface area contributed by atoms with Gasteiger partial charge in [-0.1, -0.05) is 6.07 Å². The van der Waals surface area contributed by atoms with E-state index in [4.69, 9.17) is 24.1 Å². The van der Waals surface area contributed by atoms with Gasteiger partial charge in [0.2, 0.25) is 0 Å². The number of halogens is 4. The minimum atomic E-state index is -4.32. The monoisotopic (exact) mass is 568 g/mol. The molecule has 1 rings (SSSR count). The Morgan fingerprint density at radius 1 is 0.757 bits per heavy atom. The van der Waals surface area contributed by atoms with Crippen LogP contribution < -0.4 is 0 Å². The van der Waals surface area contributed by atoms with Crippen molar-refractivity contribution >= 4 is 11.3 Å². The van der Waals surface area contributed by atoms with Gasteiger partial charge in [-0.2, -0.15) is 17.6 Å². The summed E-state index contributed by atoms with van der Waals surface area (Å²) in [5.41, 5.74) is 0. The Bertz CT molecular complexity index is 657. The largest absolute Gasteiger partial charge is 0.394 e. The number of hydrogen-bond acceptors (Lipinski definition) is 11. The Morgan fingerprint density at radius 3 is 2.08 bits per heavy atom. The molecule has 0 fully saturated rings. The lowest BCUT2D eigenvalue weighted by Gasteiger charge is -2.24. The number of rotatable bonds is 25. The number of aliphatic hydroxyl groups is 3. The number of alkyl halides is 4. The van der Waals surface area contributed by atoms with E-state index in [9.17, 15) is 27.8 Å². The summed E-state index contributed by atoms with van der Waals surface area (Å²) >= 11 is 1.60. The molecule has 0 saturated heterocycles. The van der Waals surface area contributed by atoms with E-state index >= 15 is 0 Å². The molecule has 10 nitrogen and oxygen atoms in total. The van der Waals surface area contributed by atoms with Gasteiger partial charge in [0.25, 0.3) is 0 Å². The zero-order chi connectivity index (χ0) is 27.4. The maximum atomic E-state index is 13.7. The summed E-state index contributed by atoms with van der Waals surface area (Å²) in [7, 11) is 0. The smallest absolute Gasteiger partial charge is 0.383 e. The Balaban J connectivity index is 2.03. The average Bonchev–Trinajstić information content (AvgIpc) is 3.33. The normalized spacial score (nSPS) is 14.2. The molecular weight excluding hydrogens is 532 g/mol. The lowest BCUT2D eigenvalue weighted by Crippen LogP contribution is -2.40. The van der Waals surface area contributed by atoms with Gasteiger partial charge < -0.3 is 43.7 Å². The molecule has 0 bridgehead atoms. The van der Waals surface area contributed by atoms with Crippen LogP contribution in [0.1, 0.15) is 11.3 Å². The Labute approximate surface area is 216 Å². The lowest BCUT2D eigenvalue weighted by atomic mass is 10.3. The van der Waals surface area contributed by atoms with Gasteiger partial charge >= 0.3 is 12.2 Å². The van der Waals surface area contributed by atoms with Gasteiger partial charge in [-0.25, -0.2) is 0 Å². The molecule has 1 aromatic heterocycles. The van der Waals surface area contributed by atoms with Crippen LogP contribution in [0.15, 0.2) is 17.5 Å². The maximum absolute atomic E-state index is 13.7. The molecule has 218 valence electrons. The minimum absolute atomic E-state index is 0.00977. The van der Waals surface area contributed by atoms with Crippen LogP contribution in [0, 0.1) is 0 Å². The molecule has 37 heavy (non-hydrogen) atoms. The van der Waals surface area contributed by atoms with Crippen LogP contribution in [0.25, 0.3) is 0 Å². The van der Waals surface area contributed by atoms with Gasteiger partial charge in [0.15, 0.2) is 0 Å². The van der Waals surface area contributed by atoms with E-state index < -0.39 is 51.0 Å². The zero-order valence-electron chi connectivity index (χ0n) is 20.4. The molecule has 15 heteroatoms. The molecule has 3 N–H and O–H groups in total. The molecule has 2 unspecified atom stereocenters. The predicted octanol–water partition coefficient (Wildman–Crippen LogP) is 1.65. The van der Waals surface area contributed by atoms with Gasteiger partial charge in [0.05, 0.1) is 59.0 Å². The maximum Gasteiger partial charge on any atom is 0.383 e. The molecule has 0 amide bonds. The van der Waals surface area contributed by atoms with Gasteiger partial charge in [-0.05, 0) is 17.9 Å². The second-order valence-corrected chi connectivity index (χ2v) is 8.71. The van der Waals surface area contributed by atoms with Crippen molar-refractivity contribution in [3.63, 3.8) is 0 Å². The zero-order valence-corrected chi connectivity index (χ0v) is 21.2. The average molecular weight is 569 g/mol. The van der Waals surface area contributed by atoms with Crippen molar-refractivity contribution in [2.75, 3.05) is 79.5 Å². The molecule has 1 aromatic rings. The first-order chi connectivity index (χ1) is 17.6. The van der Waals surface area contributed by atoms with Crippen molar-refractivity contribution in [2.24, 2.45) is 0 Å². The van der Waals surface area contributed by atoms with Crippen LogP contribution in [0.5, 0.6) is 0 Å². The van der Waals surface area contributed by atoms with Gasteiger partial charge in [0.1, 0.15) is 26.1 Å². The van der Waals surface area contributed by atoms with Crippen LogP contribution in [0.2, 0.25) is 0 Å². The van der Waals surface area contributed by atoms with Crippen molar-refractivity contribution in [3.05, 3.63) is 22.4 Å². The van der Waals surface area contributed by atoms with Crippen LogP contribution in [0.4, 0.5) is 17.6 Å². The number of ether oxygens (including phenoxy) is 7. The first kappa shape index (κ1) is 34.0. The second kappa shape index (κ2) is 20.0. The fourth-order valence-electron chi connectivity index (χ4n) is 2.57. The van der Waals surface area contributed by atoms with Crippen molar-refractivity contribution in [1.29, 1.82) is 0 Å². The van der Waals surface area contributed by atoms with E-state index in [2.05, 4.69) is 14.2 Å². The van der Waals surface area contributed by atoms with Crippen LogP contribution in [0.3, 0.4) is 0 Å². The predicted molar refractivity (Wildman–Crippen MR) is 123 cm³/mol. The first-order valence-corrected chi connectivity index (χ1v) is 12.4. The summed E-state index contributed by atoms with van der Waals surface area (Å²) < 4.78 is 87.3. The van der Waals surface area contributed by atoms with E-state index in [0.29, 0.717) is 6.61 Å². The first-order valence-electron chi connectivity index (χ1n) is 11.5. The summed E-state index contributed by atoms with van der Waals surface area (Å²) in [4.78, 5) is 1.15. The molecule has 0 aromatic carbocycles. The molecule has 0 aliphatic heterocycles. The Hall–Kier alpha value is -0.980. The highest BCUT2D eigenvalue weighted by Crippen LogP contribution is 2.27. The molecule has 0 radical (unpaired) electrons. The topological polar surface area (TPSA) is 125 Å². The lowest BCUT2D eigenvalue weighted by molar-refractivity contribution is -0.396. The molecule has 0 saturated carbocycles. The van der Waals surface area contributed by atoms with Gasteiger partial charge in [-0.3, -0.25) is 4.74 Å². The van der Waals surface area contributed by atoms with E-state index in [1.54, 1.807) is 11.3 Å². The van der Waals surface area contributed by atoms with Crippen molar-refractivity contribution in [3.8, 4) is 0 Å². The molecule has 0 aliphatic rings. The van der Waals surface area contributed by atoms with Gasteiger partial charge in [0, 0.05) is 17.9 Å². The summed E-state index contributed by atoms with van der Waals surface area (Å²) in [6, 6.07) is 3.89. The fourth-order valence-corrected chi connectivity index (χ4v) is 3.26. The highest BCUT2D eigenvalue weighted by atomic mass is 32.1. The van der Waals surface area contributed by atoms with E-state index in [1.807, 2.05) is 17.5 Å². The summed E-state index contributed by atoms with van der Waals surface area (Å²) in [5, 5.41) is 29.7. The molecule has 0 spiro atoms. The molecule has 1 heterocycles. The van der Waals surface area contributed by atoms with Crippen molar-refractivity contribution in [2.45, 2.75) is 37.3 Å². The van der Waals surface area contributed by atoms with E-state index in [-0.39, 0.29) is 52.7 Å². The SMILES string of the molecule is OCCOCC(O)COCCOCOCC(F)(F)OC(F)(F)COCC(O)CCOCCc1cccs1. The standard InChI is InChI=1S/C22H36F4O10S/c23-21(24,15-34-12-18(28)3-6-30-7-4-20-2-1-11-37-20)36-22(25,26)16-35-17-33-10-9-32-14-19(29)13-31-8-5-27/h1-2,11,18-19,27-29H,3-10,12-17H2. The highest BCUT2D eigenvalue weighted by molar-refractivity contribution is 7.09. The van der Waals surface area contributed by atoms with Crippen LogP contribution in [-0.4, -0.2) is 119 Å². The fraction of sp³-hybridized carbons (Fsp3) is 0.818. The third-order valence-corrected chi connectivity index (χ3v) is 5.15. The quantitative estimate of drug-likeness (QED) is 0.0911. The van der Waals surface area contributed by atoms with Crippen LogP contribution in [-0.2, 0) is 39.6 Å². The van der Waals surface area contributed by atoms with Crippen LogP contribution >= 0.6 is 11.3 Å². The Morgan fingerprint density at radius 2 is 1.41 bits per heavy atom. The third kappa shape index (κ3) is 19.7. The Kier molecular flexibility index (Phi) is 18.4. The number of thiophene rings is 1. The number of hydrogen-bond donors (Lipinski definition) is 3. The second-order valence-electron chi connectivity index (χ2n) is 7.68. The van der Waals surface area contributed by atoms with Crippen molar-refractivity contribution < 1.29 is 66.0 Å².